The number of thioether (sulfide) groups is 1. The van der Waals surface area contributed by atoms with E-state index in [4.69, 9.17) is 0 Å². The summed E-state index contributed by atoms with van der Waals surface area (Å²) < 4.78 is 61.2. The summed E-state index contributed by atoms with van der Waals surface area (Å²) in [5, 5.41) is -0.0280. The van der Waals surface area contributed by atoms with Crippen molar-refractivity contribution in [2.24, 2.45) is 0 Å². The van der Waals surface area contributed by atoms with Gasteiger partial charge in [-0.3, -0.25) is 4.79 Å². The van der Waals surface area contributed by atoms with Crippen LogP contribution in [0.3, 0.4) is 0 Å². The average Bonchev–Trinajstić information content (AvgIpc) is 2.27. The van der Waals surface area contributed by atoms with Gasteiger partial charge >= 0.3 is 12.3 Å². The molecule has 0 fully saturated rings. The molecule has 0 heterocycles. The zero-order chi connectivity index (χ0) is 13.5. The fourth-order valence-electron chi connectivity index (χ4n) is 1.04. The number of unbranched alkanes of at least 4 members (excludes halogenated alkanes) is 1. The van der Waals surface area contributed by atoms with Crippen molar-refractivity contribution in [1.82, 2.24) is 0 Å². The highest BCUT2D eigenvalue weighted by atomic mass is 32.2. The maximum absolute atomic E-state index is 12.8. The highest BCUT2D eigenvalue weighted by Crippen LogP contribution is 2.31. The van der Waals surface area contributed by atoms with Crippen molar-refractivity contribution in [3.8, 4) is 0 Å². The lowest BCUT2D eigenvalue weighted by molar-refractivity contribution is -0.172. The molecule has 0 rings (SSSR count). The van der Waals surface area contributed by atoms with Crippen LogP contribution in [0.1, 0.15) is 32.6 Å². The maximum atomic E-state index is 12.8. The van der Waals surface area contributed by atoms with E-state index in [1.807, 2.05) is 0 Å². The number of halogens is 5. The summed E-state index contributed by atoms with van der Waals surface area (Å²) >= 11 is 1.04. The molecule has 1 unspecified atom stereocenters. The van der Waals surface area contributed by atoms with E-state index >= 15 is 0 Å². The molecule has 0 bridgehead atoms. The minimum atomic E-state index is -4.58. The van der Waals surface area contributed by atoms with Gasteiger partial charge in [-0.1, -0.05) is 18.7 Å². The van der Waals surface area contributed by atoms with Crippen LogP contribution in [0, 0.1) is 0 Å². The fourth-order valence-corrected chi connectivity index (χ4v) is 1.82. The minimum Gasteiger partial charge on any atom is -0.287 e. The summed E-state index contributed by atoms with van der Waals surface area (Å²) in [5.41, 5.74) is 0. The molecule has 0 N–H and O–H groups in total. The Hall–Kier alpha value is -0.330. The first-order valence-corrected chi connectivity index (χ1v) is 6.26. The van der Waals surface area contributed by atoms with Crippen molar-refractivity contribution in [2.45, 2.75) is 51.1 Å². The van der Waals surface area contributed by atoms with Gasteiger partial charge in [-0.25, -0.2) is 13.2 Å². The Morgan fingerprint density at radius 2 is 1.82 bits per heavy atom. The van der Waals surface area contributed by atoms with Crippen molar-refractivity contribution >= 4 is 16.9 Å². The van der Waals surface area contributed by atoms with Crippen molar-refractivity contribution < 1.29 is 26.7 Å². The average molecular weight is 278 g/mol. The molecule has 0 aromatic carbocycles. The van der Waals surface area contributed by atoms with E-state index in [1.54, 1.807) is 6.92 Å². The summed E-state index contributed by atoms with van der Waals surface area (Å²) in [6.07, 6.45) is -6.62. The van der Waals surface area contributed by atoms with Crippen LogP contribution >= 0.6 is 11.8 Å². The minimum absolute atomic E-state index is 0.0280. The van der Waals surface area contributed by atoms with Crippen LogP contribution in [0.5, 0.6) is 0 Å². The van der Waals surface area contributed by atoms with Gasteiger partial charge in [0, 0.05) is 12.2 Å². The molecule has 7 heteroatoms. The second-order valence-electron chi connectivity index (χ2n) is 3.51. The Labute approximate surface area is 101 Å². The van der Waals surface area contributed by atoms with Gasteiger partial charge in [0.25, 0.3) is 0 Å². The summed E-state index contributed by atoms with van der Waals surface area (Å²) in [4.78, 5) is 10.8. The van der Waals surface area contributed by atoms with Crippen LogP contribution in [0.4, 0.5) is 22.0 Å². The zero-order valence-electron chi connectivity index (χ0n) is 9.40. The largest absolute Gasteiger partial charge is 0.337 e. The normalized spacial score (nSPS) is 14.1. The number of carbonyl (C=O) groups excluding carboxylic acids is 1. The molecule has 0 aliphatic rings. The second kappa shape index (κ2) is 7.89. The molecular weight excluding hydrogens is 263 g/mol. The van der Waals surface area contributed by atoms with Gasteiger partial charge in [-0.15, -0.1) is 0 Å². The molecule has 0 saturated carbocycles. The topological polar surface area (TPSA) is 17.1 Å². The van der Waals surface area contributed by atoms with E-state index in [2.05, 4.69) is 0 Å². The number of hydrogen-bond donors (Lipinski definition) is 0. The Balaban J connectivity index is 3.72. The maximum Gasteiger partial charge on any atom is 0.337 e. The monoisotopic (exact) mass is 278 g/mol. The molecule has 0 amide bonds. The van der Waals surface area contributed by atoms with Crippen molar-refractivity contribution in [3.05, 3.63) is 0 Å². The van der Waals surface area contributed by atoms with Crippen LogP contribution in [0.15, 0.2) is 0 Å². The van der Waals surface area contributed by atoms with Crippen molar-refractivity contribution in [3.63, 3.8) is 0 Å². The fraction of sp³-hybridized carbons (Fsp3) is 0.900. The number of hydrogen-bond acceptors (Lipinski definition) is 2. The summed E-state index contributed by atoms with van der Waals surface area (Å²) in [7, 11) is 0. The van der Waals surface area contributed by atoms with E-state index in [-0.39, 0.29) is 11.5 Å². The van der Waals surface area contributed by atoms with Gasteiger partial charge < -0.3 is 0 Å². The molecular formula is C10H15F5OS. The third-order valence-corrected chi connectivity index (χ3v) is 3.22. The third kappa shape index (κ3) is 6.24. The summed E-state index contributed by atoms with van der Waals surface area (Å²) in [6, 6.07) is 0. The smallest absolute Gasteiger partial charge is 0.287 e. The lowest BCUT2D eigenvalue weighted by atomic mass is 10.1. The lowest BCUT2D eigenvalue weighted by Crippen LogP contribution is -2.37. The van der Waals surface area contributed by atoms with Crippen LogP contribution < -0.4 is 0 Å². The Bertz CT molecular complexity index is 235. The van der Waals surface area contributed by atoms with E-state index in [0.717, 1.165) is 11.8 Å². The predicted octanol–water partition coefficient (Wildman–Crippen LogP) is 4.07. The first kappa shape index (κ1) is 16.7. The Morgan fingerprint density at radius 3 is 2.29 bits per heavy atom. The zero-order valence-corrected chi connectivity index (χ0v) is 10.2. The molecule has 0 saturated heterocycles. The highest BCUT2D eigenvalue weighted by molar-refractivity contribution is 8.13. The second-order valence-corrected chi connectivity index (χ2v) is 4.66. The van der Waals surface area contributed by atoms with Crippen molar-refractivity contribution in [2.75, 3.05) is 5.75 Å². The summed E-state index contributed by atoms with van der Waals surface area (Å²) in [6.45, 7) is 1.69. The van der Waals surface area contributed by atoms with Crippen LogP contribution in [0.25, 0.3) is 0 Å². The number of alkyl halides is 5. The molecule has 0 spiro atoms. The first-order valence-electron chi connectivity index (χ1n) is 5.28. The molecule has 0 aliphatic carbocycles. The molecule has 0 radical (unpaired) electrons. The molecule has 17 heavy (non-hydrogen) atoms. The molecule has 0 aromatic heterocycles. The number of carbonyl (C=O) groups is 1. The van der Waals surface area contributed by atoms with Gasteiger partial charge in [0.1, 0.15) is 0 Å². The van der Waals surface area contributed by atoms with Gasteiger partial charge in [-0.05, 0) is 19.3 Å². The summed E-state index contributed by atoms with van der Waals surface area (Å²) in [5.74, 6) is -4.17. The standard InChI is InChI=1S/C10H15F5OS/c1-2-8(16)17-6-4-3-5-7(11)10(14,15)9(12)13/h7,9H,2-6H2,1H3. The molecule has 0 aromatic rings. The van der Waals surface area contributed by atoms with Gasteiger partial charge in [0.2, 0.25) is 0 Å². The first-order chi connectivity index (χ1) is 7.82. The SMILES string of the molecule is CCC(=O)SCCCCC(F)C(F)(F)C(F)F. The van der Waals surface area contributed by atoms with E-state index in [1.165, 1.54) is 0 Å². The van der Waals surface area contributed by atoms with Gasteiger partial charge in [0.15, 0.2) is 11.3 Å². The molecule has 102 valence electrons. The van der Waals surface area contributed by atoms with Crippen LogP contribution in [-0.2, 0) is 4.79 Å². The Kier molecular flexibility index (Phi) is 7.74. The highest BCUT2D eigenvalue weighted by Gasteiger charge is 2.48. The quantitative estimate of drug-likeness (QED) is 0.492. The van der Waals surface area contributed by atoms with Crippen LogP contribution in [-0.4, -0.2) is 29.4 Å². The molecule has 0 aliphatic heterocycles. The van der Waals surface area contributed by atoms with Crippen molar-refractivity contribution in [1.29, 1.82) is 0 Å². The van der Waals surface area contributed by atoms with E-state index in [9.17, 15) is 26.7 Å². The molecule has 1 nitrogen and oxygen atoms in total. The lowest BCUT2D eigenvalue weighted by Gasteiger charge is -2.19. The number of rotatable bonds is 8. The van der Waals surface area contributed by atoms with E-state index < -0.39 is 24.9 Å². The predicted molar refractivity (Wildman–Crippen MR) is 57.5 cm³/mol. The van der Waals surface area contributed by atoms with E-state index in [0.29, 0.717) is 18.6 Å². The van der Waals surface area contributed by atoms with Gasteiger partial charge in [0.05, 0.1) is 0 Å². The van der Waals surface area contributed by atoms with Gasteiger partial charge in [-0.2, -0.15) is 8.78 Å². The Morgan fingerprint density at radius 1 is 1.24 bits per heavy atom. The van der Waals surface area contributed by atoms with Crippen LogP contribution in [0.2, 0.25) is 0 Å². The third-order valence-electron chi connectivity index (χ3n) is 2.11. The molecule has 1 atom stereocenters.